The lowest BCUT2D eigenvalue weighted by atomic mass is 9.96. The average Bonchev–Trinajstić information content (AvgIpc) is 2.80. The van der Waals surface area contributed by atoms with E-state index in [4.69, 9.17) is 15.2 Å². The molecular weight excluding hydrogens is 245 g/mol. The second kappa shape index (κ2) is 5.88. The van der Waals surface area contributed by atoms with E-state index in [1.165, 1.54) is 12.1 Å². The van der Waals surface area contributed by atoms with E-state index >= 15 is 0 Å². The van der Waals surface area contributed by atoms with Gasteiger partial charge in [-0.3, -0.25) is 0 Å². The molecule has 1 unspecified atom stereocenters. The molecule has 1 atom stereocenters. The normalized spacial score (nSPS) is 18.2. The van der Waals surface area contributed by atoms with E-state index in [2.05, 4.69) is 13.8 Å². The standard InChI is InChI=1S/C15H22FNO2/c1-3-15(17,4-2)10-18-9-13-8-11-7-12(16)5-6-14(11)19-13/h5-7,13H,3-4,8-10,17H2,1-2H3. The molecule has 1 aliphatic rings. The first kappa shape index (κ1) is 14.3. The van der Waals surface area contributed by atoms with Crippen molar-refractivity contribution in [1.82, 2.24) is 0 Å². The van der Waals surface area contributed by atoms with Crippen LogP contribution in [0.15, 0.2) is 18.2 Å². The number of rotatable bonds is 6. The predicted molar refractivity (Wildman–Crippen MR) is 72.8 cm³/mol. The van der Waals surface area contributed by atoms with Gasteiger partial charge < -0.3 is 15.2 Å². The molecule has 19 heavy (non-hydrogen) atoms. The van der Waals surface area contributed by atoms with Crippen molar-refractivity contribution in [2.75, 3.05) is 13.2 Å². The van der Waals surface area contributed by atoms with Crippen molar-refractivity contribution in [3.8, 4) is 5.75 Å². The van der Waals surface area contributed by atoms with Gasteiger partial charge in [0.1, 0.15) is 17.7 Å². The highest BCUT2D eigenvalue weighted by Crippen LogP contribution is 2.29. The summed E-state index contributed by atoms with van der Waals surface area (Å²) >= 11 is 0. The van der Waals surface area contributed by atoms with Crippen LogP contribution in [0.25, 0.3) is 0 Å². The van der Waals surface area contributed by atoms with Crippen molar-refractivity contribution in [2.24, 2.45) is 5.73 Å². The number of ether oxygens (including phenoxy) is 2. The van der Waals surface area contributed by atoms with Crippen LogP contribution in [0.4, 0.5) is 4.39 Å². The largest absolute Gasteiger partial charge is 0.487 e. The topological polar surface area (TPSA) is 44.5 Å². The molecule has 1 heterocycles. The first-order valence-electron chi connectivity index (χ1n) is 6.88. The molecule has 0 spiro atoms. The van der Waals surface area contributed by atoms with Crippen molar-refractivity contribution >= 4 is 0 Å². The number of fused-ring (bicyclic) bond motifs is 1. The minimum Gasteiger partial charge on any atom is -0.487 e. The number of benzene rings is 1. The summed E-state index contributed by atoms with van der Waals surface area (Å²) in [5.41, 5.74) is 6.83. The van der Waals surface area contributed by atoms with Crippen molar-refractivity contribution in [2.45, 2.75) is 44.8 Å². The lowest BCUT2D eigenvalue weighted by Gasteiger charge is -2.26. The van der Waals surface area contributed by atoms with Crippen molar-refractivity contribution in [3.63, 3.8) is 0 Å². The highest BCUT2D eigenvalue weighted by atomic mass is 19.1. The molecule has 4 heteroatoms. The molecule has 0 saturated heterocycles. The Morgan fingerprint density at radius 3 is 2.84 bits per heavy atom. The van der Waals surface area contributed by atoms with Crippen LogP contribution in [0, 0.1) is 5.82 Å². The molecule has 0 bridgehead atoms. The average molecular weight is 267 g/mol. The summed E-state index contributed by atoms with van der Waals surface area (Å²) in [6.07, 6.45) is 2.44. The van der Waals surface area contributed by atoms with Gasteiger partial charge in [-0.1, -0.05) is 13.8 Å². The monoisotopic (exact) mass is 267 g/mol. The maximum Gasteiger partial charge on any atom is 0.126 e. The quantitative estimate of drug-likeness (QED) is 0.861. The maximum absolute atomic E-state index is 13.1. The van der Waals surface area contributed by atoms with Gasteiger partial charge in [0.15, 0.2) is 0 Å². The second-order valence-corrected chi connectivity index (χ2v) is 5.28. The molecule has 1 aromatic rings. The molecule has 2 rings (SSSR count). The molecule has 2 N–H and O–H groups in total. The van der Waals surface area contributed by atoms with Gasteiger partial charge >= 0.3 is 0 Å². The zero-order valence-corrected chi connectivity index (χ0v) is 11.6. The summed E-state index contributed by atoms with van der Waals surface area (Å²) in [5, 5.41) is 0. The third-order valence-corrected chi connectivity index (χ3v) is 3.87. The van der Waals surface area contributed by atoms with Gasteiger partial charge in [-0.05, 0) is 31.0 Å². The van der Waals surface area contributed by atoms with E-state index in [-0.39, 0.29) is 17.5 Å². The molecule has 0 radical (unpaired) electrons. The van der Waals surface area contributed by atoms with Crippen LogP contribution in [0.1, 0.15) is 32.3 Å². The third-order valence-electron chi connectivity index (χ3n) is 3.87. The highest BCUT2D eigenvalue weighted by Gasteiger charge is 2.25. The van der Waals surface area contributed by atoms with Gasteiger partial charge in [-0.15, -0.1) is 0 Å². The summed E-state index contributed by atoms with van der Waals surface area (Å²) in [7, 11) is 0. The molecular formula is C15H22FNO2. The molecule has 1 aromatic carbocycles. The molecule has 1 aliphatic heterocycles. The van der Waals surface area contributed by atoms with Gasteiger partial charge in [0, 0.05) is 17.5 Å². The Hall–Kier alpha value is -1.13. The number of hydrogen-bond acceptors (Lipinski definition) is 3. The van der Waals surface area contributed by atoms with Crippen molar-refractivity contribution in [3.05, 3.63) is 29.6 Å². The van der Waals surface area contributed by atoms with Crippen LogP contribution < -0.4 is 10.5 Å². The van der Waals surface area contributed by atoms with Gasteiger partial charge in [0.2, 0.25) is 0 Å². The molecule has 0 amide bonds. The van der Waals surface area contributed by atoms with Crippen LogP contribution >= 0.6 is 0 Å². The zero-order chi connectivity index (χ0) is 13.9. The third kappa shape index (κ3) is 3.45. The summed E-state index contributed by atoms with van der Waals surface area (Å²) in [6, 6.07) is 4.62. The number of hydrogen-bond donors (Lipinski definition) is 1. The smallest absolute Gasteiger partial charge is 0.126 e. The Morgan fingerprint density at radius 1 is 1.42 bits per heavy atom. The second-order valence-electron chi connectivity index (χ2n) is 5.28. The van der Waals surface area contributed by atoms with E-state index in [0.29, 0.717) is 19.6 Å². The van der Waals surface area contributed by atoms with Gasteiger partial charge in [-0.2, -0.15) is 0 Å². The van der Waals surface area contributed by atoms with E-state index in [9.17, 15) is 4.39 Å². The first-order valence-corrected chi connectivity index (χ1v) is 6.88. The summed E-state index contributed by atoms with van der Waals surface area (Å²) in [4.78, 5) is 0. The van der Waals surface area contributed by atoms with Crippen molar-refractivity contribution in [1.29, 1.82) is 0 Å². The number of halogens is 1. The number of nitrogens with two attached hydrogens (primary N) is 1. The van der Waals surface area contributed by atoms with Crippen LogP contribution in [-0.4, -0.2) is 24.9 Å². The fourth-order valence-electron chi connectivity index (χ4n) is 2.23. The molecule has 106 valence electrons. The highest BCUT2D eigenvalue weighted by molar-refractivity contribution is 5.37. The molecule has 3 nitrogen and oxygen atoms in total. The Labute approximate surface area is 113 Å². The zero-order valence-electron chi connectivity index (χ0n) is 11.6. The SMILES string of the molecule is CCC(N)(CC)COCC1Cc2cc(F)ccc2O1. The molecule has 0 fully saturated rings. The Balaban J connectivity index is 1.81. The maximum atomic E-state index is 13.1. The fourth-order valence-corrected chi connectivity index (χ4v) is 2.23. The van der Waals surface area contributed by atoms with Crippen molar-refractivity contribution < 1.29 is 13.9 Å². The minimum absolute atomic E-state index is 0.0326. The van der Waals surface area contributed by atoms with Gasteiger partial charge in [0.25, 0.3) is 0 Å². The Bertz CT molecular complexity index is 432. The van der Waals surface area contributed by atoms with Gasteiger partial charge in [-0.25, -0.2) is 4.39 Å². The Morgan fingerprint density at radius 2 is 2.16 bits per heavy atom. The molecule has 0 aromatic heterocycles. The summed E-state index contributed by atoms with van der Waals surface area (Å²) in [5.74, 6) is 0.543. The van der Waals surface area contributed by atoms with Crippen LogP contribution in [-0.2, 0) is 11.2 Å². The molecule has 0 saturated carbocycles. The minimum atomic E-state index is -0.252. The Kier molecular flexibility index (Phi) is 4.42. The van der Waals surface area contributed by atoms with Gasteiger partial charge in [0.05, 0.1) is 13.2 Å². The van der Waals surface area contributed by atoms with E-state index < -0.39 is 0 Å². The predicted octanol–water partition coefficient (Wildman–Crippen LogP) is 2.66. The van der Waals surface area contributed by atoms with Crippen LogP contribution in [0.3, 0.4) is 0 Å². The molecule has 0 aliphatic carbocycles. The van der Waals surface area contributed by atoms with E-state index in [1.807, 2.05) is 0 Å². The fraction of sp³-hybridized carbons (Fsp3) is 0.600. The van der Waals surface area contributed by atoms with E-state index in [1.54, 1.807) is 6.07 Å². The van der Waals surface area contributed by atoms with Crippen LogP contribution in [0.2, 0.25) is 0 Å². The first-order chi connectivity index (χ1) is 9.06. The lowest BCUT2D eigenvalue weighted by molar-refractivity contribution is 0.0308. The van der Waals surface area contributed by atoms with E-state index in [0.717, 1.165) is 24.2 Å². The summed E-state index contributed by atoms with van der Waals surface area (Å²) in [6.45, 7) is 5.16. The lowest BCUT2D eigenvalue weighted by Crippen LogP contribution is -2.44. The van der Waals surface area contributed by atoms with Crippen LogP contribution in [0.5, 0.6) is 5.75 Å². The summed E-state index contributed by atoms with van der Waals surface area (Å²) < 4.78 is 24.5.